The summed E-state index contributed by atoms with van der Waals surface area (Å²) in [7, 11) is 0. The van der Waals surface area contributed by atoms with Gasteiger partial charge in [0.1, 0.15) is 5.60 Å². The number of hydrogen-bond donors (Lipinski definition) is 1. The maximum absolute atomic E-state index is 11.6. The number of benzene rings is 1. The van der Waals surface area contributed by atoms with Crippen LogP contribution in [-0.4, -0.2) is 16.7 Å². The number of aliphatic hydroxyl groups excluding tert-OH is 1. The molecule has 0 spiro atoms. The maximum Gasteiger partial charge on any atom is 0.340 e. The first-order valence-corrected chi connectivity index (χ1v) is 5.34. The first-order valence-electron chi connectivity index (χ1n) is 4.96. The van der Waals surface area contributed by atoms with Crippen LogP contribution in [0.1, 0.15) is 32.4 Å². The van der Waals surface area contributed by atoms with Crippen LogP contribution in [0.2, 0.25) is 5.02 Å². The molecule has 0 radical (unpaired) electrons. The van der Waals surface area contributed by atoms with Crippen LogP contribution in [0.4, 0.5) is 0 Å². The molecular weight excluding hydrogens is 228 g/mol. The van der Waals surface area contributed by atoms with E-state index in [1.54, 1.807) is 39.0 Å². The molecule has 88 valence electrons. The van der Waals surface area contributed by atoms with E-state index in [1.807, 2.05) is 0 Å². The molecule has 0 aromatic heterocycles. The zero-order chi connectivity index (χ0) is 12.3. The summed E-state index contributed by atoms with van der Waals surface area (Å²) >= 11 is 5.76. The highest BCUT2D eigenvalue weighted by atomic mass is 35.5. The van der Waals surface area contributed by atoms with Crippen molar-refractivity contribution in [2.24, 2.45) is 0 Å². The van der Waals surface area contributed by atoms with E-state index >= 15 is 0 Å². The molecule has 0 unspecified atom stereocenters. The Bertz CT molecular complexity index is 382. The third-order valence-corrected chi connectivity index (χ3v) is 2.03. The Morgan fingerprint density at radius 2 is 2.06 bits per heavy atom. The second kappa shape index (κ2) is 4.85. The van der Waals surface area contributed by atoms with Crippen molar-refractivity contribution in [2.75, 3.05) is 0 Å². The van der Waals surface area contributed by atoms with Gasteiger partial charge in [-0.15, -0.1) is 0 Å². The molecule has 0 saturated heterocycles. The largest absolute Gasteiger partial charge is 0.458 e. The van der Waals surface area contributed by atoms with Gasteiger partial charge in [0.2, 0.25) is 0 Å². The molecule has 0 heterocycles. The van der Waals surface area contributed by atoms with E-state index in [0.717, 1.165) is 0 Å². The molecule has 0 saturated carbocycles. The minimum absolute atomic E-state index is 0.432. The standard InChI is InChI=1S/C12H15ClO3/c1-12(2,3)16-11(15)10(14)8-5-4-6-9(13)7-8/h4-7,10,14H,1-3H3/t10-/m0/s1. The molecule has 3 nitrogen and oxygen atoms in total. The number of hydrogen-bond acceptors (Lipinski definition) is 3. The maximum atomic E-state index is 11.6. The van der Waals surface area contributed by atoms with Gasteiger partial charge in [-0.2, -0.15) is 0 Å². The van der Waals surface area contributed by atoms with Crippen LogP contribution in [0, 0.1) is 0 Å². The summed E-state index contributed by atoms with van der Waals surface area (Å²) in [5, 5.41) is 10.2. The van der Waals surface area contributed by atoms with E-state index in [0.29, 0.717) is 10.6 Å². The van der Waals surface area contributed by atoms with E-state index in [1.165, 1.54) is 6.07 Å². The van der Waals surface area contributed by atoms with Gasteiger partial charge in [0, 0.05) is 5.02 Å². The molecule has 0 bridgehead atoms. The number of aliphatic hydroxyl groups is 1. The Morgan fingerprint density at radius 1 is 1.44 bits per heavy atom. The number of halogens is 1. The molecule has 0 amide bonds. The van der Waals surface area contributed by atoms with Crippen LogP contribution in [0.3, 0.4) is 0 Å². The average Bonchev–Trinajstić information content (AvgIpc) is 2.14. The van der Waals surface area contributed by atoms with Gasteiger partial charge < -0.3 is 9.84 Å². The lowest BCUT2D eigenvalue weighted by molar-refractivity contribution is -0.165. The van der Waals surface area contributed by atoms with E-state index < -0.39 is 17.7 Å². The van der Waals surface area contributed by atoms with Gasteiger partial charge in [-0.3, -0.25) is 0 Å². The number of ether oxygens (including phenoxy) is 1. The van der Waals surface area contributed by atoms with Gasteiger partial charge >= 0.3 is 5.97 Å². The molecule has 0 aliphatic heterocycles. The molecular formula is C12H15ClO3. The summed E-state index contributed by atoms with van der Waals surface area (Å²) in [6, 6.07) is 6.51. The highest BCUT2D eigenvalue weighted by molar-refractivity contribution is 6.30. The van der Waals surface area contributed by atoms with Crippen LogP contribution in [0.25, 0.3) is 0 Å². The minimum atomic E-state index is -1.29. The Kier molecular flexibility index (Phi) is 3.94. The molecule has 4 heteroatoms. The smallest absolute Gasteiger partial charge is 0.340 e. The molecule has 1 aromatic rings. The minimum Gasteiger partial charge on any atom is -0.458 e. The second-order valence-electron chi connectivity index (χ2n) is 4.49. The predicted molar refractivity (Wildman–Crippen MR) is 62.3 cm³/mol. The molecule has 1 N–H and O–H groups in total. The molecule has 16 heavy (non-hydrogen) atoms. The first kappa shape index (κ1) is 13.0. The van der Waals surface area contributed by atoms with Gasteiger partial charge in [-0.25, -0.2) is 4.79 Å². The zero-order valence-electron chi connectivity index (χ0n) is 9.53. The van der Waals surface area contributed by atoms with Gasteiger partial charge in [0.25, 0.3) is 0 Å². The molecule has 1 rings (SSSR count). The fourth-order valence-corrected chi connectivity index (χ4v) is 1.37. The fourth-order valence-electron chi connectivity index (χ4n) is 1.17. The zero-order valence-corrected chi connectivity index (χ0v) is 10.3. The van der Waals surface area contributed by atoms with Crippen molar-refractivity contribution in [1.82, 2.24) is 0 Å². The van der Waals surface area contributed by atoms with Crippen LogP contribution in [0.15, 0.2) is 24.3 Å². The molecule has 0 fully saturated rings. The lowest BCUT2D eigenvalue weighted by Crippen LogP contribution is -2.27. The van der Waals surface area contributed by atoms with Crippen molar-refractivity contribution >= 4 is 17.6 Å². The lowest BCUT2D eigenvalue weighted by atomic mass is 10.1. The summed E-state index contributed by atoms with van der Waals surface area (Å²) in [5.74, 6) is -0.672. The molecule has 0 aliphatic carbocycles. The summed E-state index contributed by atoms with van der Waals surface area (Å²) < 4.78 is 5.06. The Morgan fingerprint density at radius 3 is 2.56 bits per heavy atom. The van der Waals surface area contributed by atoms with Crippen LogP contribution < -0.4 is 0 Å². The summed E-state index contributed by atoms with van der Waals surface area (Å²) in [5.41, 5.74) is -0.182. The van der Waals surface area contributed by atoms with Crippen molar-refractivity contribution in [2.45, 2.75) is 32.5 Å². The number of carbonyl (C=O) groups is 1. The van der Waals surface area contributed by atoms with Crippen LogP contribution >= 0.6 is 11.6 Å². The van der Waals surface area contributed by atoms with Gasteiger partial charge in [0.15, 0.2) is 6.10 Å². The second-order valence-corrected chi connectivity index (χ2v) is 4.93. The average molecular weight is 243 g/mol. The normalized spacial score (nSPS) is 13.3. The van der Waals surface area contributed by atoms with Gasteiger partial charge in [-0.05, 0) is 38.5 Å². The van der Waals surface area contributed by atoms with Gasteiger partial charge in [-0.1, -0.05) is 23.7 Å². The van der Waals surface area contributed by atoms with Crippen molar-refractivity contribution in [3.05, 3.63) is 34.9 Å². The highest BCUT2D eigenvalue weighted by Gasteiger charge is 2.24. The first-order chi connectivity index (χ1) is 7.29. The summed E-state index contributed by atoms with van der Waals surface area (Å²) in [4.78, 5) is 11.6. The number of rotatable bonds is 2. The quantitative estimate of drug-likeness (QED) is 0.812. The SMILES string of the molecule is CC(C)(C)OC(=O)[C@@H](O)c1cccc(Cl)c1. The fraction of sp³-hybridized carbons (Fsp3) is 0.417. The third-order valence-electron chi connectivity index (χ3n) is 1.79. The van der Waals surface area contributed by atoms with Crippen LogP contribution in [0.5, 0.6) is 0 Å². The Labute approximate surface area is 100.0 Å². The van der Waals surface area contributed by atoms with Crippen molar-refractivity contribution in [3.8, 4) is 0 Å². The lowest BCUT2D eigenvalue weighted by Gasteiger charge is -2.21. The molecule has 1 aromatic carbocycles. The van der Waals surface area contributed by atoms with Gasteiger partial charge in [0.05, 0.1) is 0 Å². The molecule has 0 aliphatic rings. The van der Waals surface area contributed by atoms with Crippen LogP contribution in [-0.2, 0) is 9.53 Å². The number of esters is 1. The topological polar surface area (TPSA) is 46.5 Å². The summed E-state index contributed by atoms with van der Waals surface area (Å²) in [6.45, 7) is 5.24. The van der Waals surface area contributed by atoms with E-state index in [4.69, 9.17) is 16.3 Å². The van der Waals surface area contributed by atoms with E-state index in [9.17, 15) is 9.90 Å². The van der Waals surface area contributed by atoms with E-state index in [2.05, 4.69) is 0 Å². The van der Waals surface area contributed by atoms with Crippen molar-refractivity contribution < 1.29 is 14.6 Å². The predicted octanol–water partition coefficient (Wildman–Crippen LogP) is 2.72. The van der Waals surface area contributed by atoms with Crippen molar-refractivity contribution in [3.63, 3.8) is 0 Å². The van der Waals surface area contributed by atoms with E-state index in [-0.39, 0.29) is 0 Å². The Hall–Kier alpha value is -1.06. The van der Waals surface area contributed by atoms with Crippen molar-refractivity contribution in [1.29, 1.82) is 0 Å². The number of carbonyl (C=O) groups excluding carboxylic acids is 1. The summed E-state index contributed by atoms with van der Waals surface area (Å²) in [6.07, 6.45) is -1.29. The monoisotopic (exact) mass is 242 g/mol. The Balaban J connectivity index is 2.78. The molecule has 1 atom stereocenters. The third kappa shape index (κ3) is 3.83. The highest BCUT2D eigenvalue weighted by Crippen LogP contribution is 2.21.